The highest BCUT2D eigenvalue weighted by Gasteiger charge is 2.61. The van der Waals surface area contributed by atoms with Gasteiger partial charge in [0.15, 0.2) is 37.7 Å². The SMILES string of the molecule is OC[C@H]1O[C@@](CO)(O[C@H]2O[C@H](CO)[C@@H](O)[C@H](O)[C@H]2O)[C@@H](O)[C@@H]1O.OC[C@H]1O[C@@](CO)(O[C@H]2O[C@H](CO)[C@@H](O)[C@H](O)[C@H]2O)[C@@H](O)[C@@H]1O.OC[C@H]1O[C@H](O[C@H]2[C@H](O)[C@@H](O)[C@H](O)O[C@@H]2CO)[C@H](O)[C@@H](O)[C@@H]1O.OC[C@H]1O[C@H](O[C@H]2[C@H](O)[C@@H](O)[C@H](O)O[C@@H]2CO)[C@H](O)[C@@H](O)[C@@H]1O. The van der Waals surface area contributed by atoms with Crippen LogP contribution in [0.5, 0.6) is 0 Å². The van der Waals surface area contributed by atoms with Crippen LogP contribution >= 0.6 is 0 Å². The van der Waals surface area contributed by atoms with Crippen molar-refractivity contribution in [3.05, 3.63) is 0 Å². The Morgan fingerprint density at radius 2 is 0.467 bits per heavy atom. The third-order valence-electron chi connectivity index (χ3n) is 16.1. The lowest BCUT2D eigenvalue weighted by Gasteiger charge is -2.45. The Kier molecular flexibility index (Phi) is 31.1. The first-order chi connectivity index (χ1) is 43.2. The van der Waals surface area contributed by atoms with Crippen LogP contribution in [0.3, 0.4) is 0 Å². The number of hydrogen-bond acceptors (Lipinski definition) is 44. The van der Waals surface area contributed by atoms with Crippen molar-refractivity contribution in [1.82, 2.24) is 0 Å². The van der Waals surface area contributed by atoms with Crippen LogP contribution in [0.2, 0.25) is 0 Å². The molecule has 38 atom stereocenters. The maximum atomic E-state index is 10.00. The largest absolute Gasteiger partial charge is 0.394 e. The molecule has 0 amide bonds. The maximum Gasteiger partial charge on any atom is 0.224 e. The van der Waals surface area contributed by atoms with Crippen molar-refractivity contribution in [3.8, 4) is 0 Å². The lowest BCUT2D eigenvalue weighted by atomic mass is 9.97. The number of ether oxygens (including phenoxy) is 12. The predicted octanol–water partition coefficient (Wildman–Crippen LogP) is -21.6. The third kappa shape index (κ3) is 17.4. The average molecular weight is 1370 g/mol. The second-order valence-electron chi connectivity index (χ2n) is 22.2. The van der Waals surface area contributed by atoms with Gasteiger partial charge in [-0.25, -0.2) is 0 Å². The standard InChI is InChI=1S/4C12H22O11/c2*13-1-4-6(16)8(18)9(19)11(21-4)23-12(3-15)10(20)7(17)5(2-14)22-12;2*13-1-3-5(15)6(16)9(19)12(22-3)23-10-4(2-14)21-11(20)8(18)7(10)17/h2*4-11,13-20H,1-3H2;2*3-20H,1-2H2/t2*4-,5-,6-,7-,8+,9-,10+,11-,12+;2*3-,4-,5-,6+,7-,8-,9-,10-,11-,12-/m1111/s1. The van der Waals surface area contributed by atoms with Crippen LogP contribution in [-0.4, -0.2) is 462 Å². The highest BCUT2D eigenvalue weighted by atomic mass is 16.8. The van der Waals surface area contributed by atoms with Crippen molar-refractivity contribution < 1.29 is 220 Å². The zero-order valence-corrected chi connectivity index (χ0v) is 48.1. The minimum Gasteiger partial charge on any atom is -0.394 e. The first-order valence-corrected chi connectivity index (χ1v) is 28.3. The summed E-state index contributed by atoms with van der Waals surface area (Å²) in [6.45, 7) is -7.33. The Hall–Kier alpha value is -1.76. The third-order valence-corrected chi connectivity index (χ3v) is 16.1. The highest BCUT2D eigenvalue weighted by Crippen LogP contribution is 2.39. The van der Waals surface area contributed by atoms with E-state index in [2.05, 4.69) is 0 Å². The van der Waals surface area contributed by atoms with Crippen molar-refractivity contribution in [2.75, 3.05) is 66.1 Å². The first kappa shape index (κ1) is 80.9. The molecule has 0 aliphatic carbocycles. The predicted molar refractivity (Wildman–Crippen MR) is 275 cm³/mol. The van der Waals surface area contributed by atoms with Crippen LogP contribution in [0.15, 0.2) is 0 Å². The second-order valence-corrected chi connectivity index (χ2v) is 22.2. The Bertz CT molecular complexity index is 1970. The van der Waals surface area contributed by atoms with E-state index in [9.17, 15) is 133 Å². The monoisotopic (exact) mass is 1370 g/mol. The molecular weight excluding hydrogens is 1280 g/mol. The molecule has 44 nitrogen and oxygen atoms in total. The lowest BCUT2D eigenvalue weighted by Crippen LogP contribution is -2.64. The van der Waals surface area contributed by atoms with Gasteiger partial charge in [-0.05, 0) is 0 Å². The van der Waals surface area contributed by atoms with Gasteiger partial charge < -0.3 is 220 Å². The van der Waals surface area contributed by atoms with E-state index in [0.29, 0.717) is 0 Å². The molecule has 8 fully saturated rings. The van der Waals surface area contributed by atoms with E-state index in [1.54, 1.807) is 0 Å². The zero-order chi connectivity index (χ0) is 69.3. The Morgan fingerprint density at radius 1 is 0.228 bits per heavy atom. The molecule has 0 radical (unpaired) electrons. The molecule has 44 heteroatoms. The molecule has 0 unspecified atom stereocenters. The molecule has 0 saturated carbocycles. The number of aliphatic hydroxyl groups is 32. The summed E-state index contributed by atoms with van der Waals surface area (Å²) in [4.78, 5) is 0. The molecule has 0 aromatic rings. The van der Waals surface area contributed by atoms with Gasteiger partial charge in [-0.2, -0.15) is 0 Å². The fraction of sp³-hybridized carbons (Fsp3) is 1.00. The maximum absolute atomic E-state index is 10.00. The summed E-state index contributed by atoms with van der Waals surface area (Å²) in [6.07, 6.45) is -56.4. The number of aliphatic hydroxyl groups excluding tert-OH is 32. The van der Waals surface area contributed by atoms with Crippen LogP contribution < -0.4 is 0 Å². The van der Waals surface area contributed by atoms with Crippen molar-refractivity contribution in [1.29, 1.82) is 0 Å². The fourth-order valence-electron chi connectivity index (χ4n) is 10.4. The van der Waals surface area contributed by atoms with Gasteiger partial charge in [0.05, 0.1) is 52.9 Å². The van der Waals surface area contributed by atoms with Gasteiger partial charge in [0.25, 0.3) is 0 Å². The smallest absolute Gasteiger partial charge is 0.224 e. The molecule has 544 valence electrons. The minimum atomic E-state index is -2.22. The lowest BCUT2D eigenvalue weighted by molar-refractivity contribution is -0.383. The molecule has 92 heavy (non-hydrogen) atoms. The molecule has 8 aliphatic rings. The molecule has 8 heterocycles. The topological polar surface area (TPSA) is 758 Å². The Balaban J connectivity index is 0.000000223. The van der Waals surface area contributed by atoms with Crippen LogP contribution in [0.4, 0.5) is 0 Å². The van der Waals surface area contributed by atoms with E-state index in [1.165, 1.54) is 0 Å². The molecule has 8 rings (SSSR count). The van der Waals surface area contributed by atoms with Crippen LogP contribution in [0.25, 0.3) is 0 Å². The van der Waals surface area contributed by atoms with E-state index in [-0.39, 0.29) is 0 Å². The van der Waals surface area contributed by atoms with Gasteiger partial charge in [0.2, 0.25) is 11.6 Å². The first-order valence-electron chi connectivity index (χ1n) is 28.3. The number of hydrogen-bond donors (Lipinski definition) is 32. The van der Waals surface area contributed by atoms with Gasteiger partial charge >= 0.3 is 0 Å². The van der Waals surface area contributed by atoms with Gasteiger partial charge in [0.1, 0.15) is 196 Å². The Labute approximate surface area is 518 Å². The minimum absolute atomic E-state index is 0.667. The fourth-order valence-corrected chi connectivity index (χ4v) is 10.4. The van der Waals surface area contributed by atoms with Gasteiger partial charge in [-0.1, -0.05) is 0 Å². The van der Waals surface area contributed by atoms with Crippen molar-refractivity contribution in [2.45, 2.75) is 232 Å². The van der Waals surface area contributed by atoms with E-state index in [1.807, 2.05) is 0 Å². The quantitative estimate of drug-likeness (QED) is 0.0606. The highest BCUT2D eigenvalue weighted by molar-refractivity contribution is 5.01. The van der Waals surface area contributed by atoms with Gasteiger partial charge in [0, 0.05) is 0 Å². The summed E-state index contributed by atoms with van der Waals surface area (Å²) in [7, 11) is 0. The Morgan fingerprint density at radius 3 is 0.696 bits per heavy atom. The van der Waals surface area contributed by atoms with Crippen molar-refractivity contribution in [2.24, 2.45) is 0 Å². The summed E-state index contributed by atoms with van der Waals surface area (Å²) in [6, 6.07) is 0. The van der Waals surface area contributed by atoms with Crippen LogP contribution in [0.1, 0.15) is 0 Å². The normalized spacial score (nSPS) is 51.4. The summed E-state index contributed by atoms with van der Waals surface area (Å²) >= 11 is 0. The van der Waals surface area contributed by atoms with Crippen molar-refractivity contribution >= 4 is 0 Å². The summed E-state index contributed by atoms with van der Waals surface area (Å²) in [5.74, 6) is -4.44. The molecule has 0 aromatic carbocycles. The van der Waals surface area contributed by atoms with E-state index in [4.69, 9.17) is 87.5 Å². The summed E-state index contributed by atoms with van der Waals surface area (Å²) in [5.41, 5.74) is 0. The summed E-state index contributed by atoms with van der Waals surface area (Å²) < 4.78 is 61.4. The molecule has 0 spiro atoms. The zero-order valence-electron chi connectivity index (χ0n) is 48.1. The van der Waals surface area contributed by atoms with E-state index >= 15 is 0 Å². The van der Waals surface area contributed by atoms with Crippen LogP contribution in [0, 0.1) is 0 Å². The van der Waals surface area contributed by atoms with Crippen LogP contribution in [-0.2, 0) is 56.8 Å². The number of rotatable bonds is 18. The van der Waals surface area contributed by atoms with Crippen molar-refractivity contribution in [3.63, 3.8) is 0 Å². The van der Waals surface area contributed by atoms with E-state index < -0.39 is 299 Å². The van der Waals surface area contributed by atoms with E-state index in [0.717, 1.165) is 0 Å². The van der Waals surface area contributed by atoms with Gasteiger partial charge in [-0.3, -0.25) is 0 Å². The molecule has 0 aromatic heterocycles. The molecule has 32 N–H and O–H groups in total. The molecule has 8 saturated heterocycles. The molecule has 0 bridgehead atoms. The molecule has 8 aliphatic heterocycles. The van der Waals surface area contributed by atoms with Gasteiger partial charge in [-0.15, -0.1) is 0 Å². The summed E-state index contributed by atoms with van der Waals surface area (Å²) in [5, 5.41) is 306. The second kappa shape index (κ2) is 35.3. The molecular formula is C48H88O44. The average Bonchev–Trinajstić information content (AvgIpc) is 1.54.